The molecule has 0 fully saturated rings. The Bertz CT molecular complexity index is 1260. The predicted octanol–water partition coefficient (Wildman–Crippen LogP) is 6.33. The number of nitrogens with zero attached hydrogens (tertiary/aromatic N) is 2. The van der Waals surface area contributed by atoms with Crippen LogP contribution >= 0.6 is 15.9 Å². The summed E-state index contributed by atoms with van der Waals surface area (Å²) in [6.07, 6.45) is 0.326. The Labute approximate surface area is 201 Å². The normalized spacial score (nSPS) is 17.2. The minimum Gasteiger partial charge on any atom is -0.305 e. The minimum absolute atomic E-state index is 0.151. The van der Waals surface area contributed by atoms with E-state index in [2.05, 4.69) is 15.9 Å². The molecule has 5 rings (SSSR count). The molecule has 0 radical (unpaired) electrons. The van der Waals surface area contributed by atoms with Gasteiger partial charge in [-0.1, -0.05) is 94.8 Å². The quantitative estimate of drug-likeness (QED) is 0.316. The molecule has 1 atom stereocenters. The number of hydroxylamine groups is 1. The number of amides is 1. The van der Waals surface area contributed by atoms with Gasteiger partial charge in [0, 0.05) is 16.5 Å². The summed E-state index contributed by atoms with van der Waals surface area (Å²) in [5, 5.41) is 12.8. The van der Waals surface area contributed by atoms with Crippen molar-refractivity contribution in [3.63, 3.8) is 0 Å². The number of carbonyl (C=O) groups is 1. The number of para-hydroxylation sites is 2. The molecule has 0 saturated carbocycles. The van der Waals surface area contributed by atoms with Crippen molar-refractivity contribution < 1.29 is 10.0 Å². The molecule has 4 aromatic rings. The molecule has 1 amide bonds. The molecule has 4 aromatic carbocycles. The van der Waals surface area contributed by atoms with Crippen LogP contribution in [-0.4, -0.2) is 11.1 Å². The number of fused-ring (bicyclic) bond motifs is 1. The lowest BCUT2D eigenvalue weighted by atomic mass is 9.84. The zero-order valence-corrected chi connectivity index (χ0v) is 19.5. The molecule has 4 nitrogen and oxygen atoms in total. The van der Waals surface area contributed by atoms with Crippen LogP contribution in [0.15, 0.2) is 114 Å². The molecule has 1 heterocycles. The lowest BCUT2D eigenvalue weighted by molar-refractivity contribution is -0.125. The number of hydrogen-bond donors (Lipinski definition) is 1. The number of rotatable bonds is 6. The van der Waals surface area contributed by atoms with Crippen molar-refractivity contribution in [3.05, 3.63) is 130 Å². The summed E-state index contributed by atoms with van der Waals surface area (Å²) in [7, 11) is 0. The van der Waals surface area contributed by atoms with Crippen LogP contribution in [0.5, 0.6) is 0 Å². The average Bonchev–Trinajstić information content (AvgIpc) is 3.09. The van der Waals surface area contributed by atoms with Crippen molar-refractivity contribution in [2.24, 2.45) is 0 Å². The highest BCUT2D eigenvalue weighted by Crippen LogP contribution is 2.47. The van der Waals surface area contributed by atoms with E-state index in [1.54, 1.807) is 4.90 Å². The Balaban J connectivity index is 1.67. The number of halogens is 1. The maximum Gasteiger partial charge on any atom is 0.260 e. The molecule has 164 valence electrons. The summed E-state index contributed by atoms with van der Waals surface area (Å²) in [6.45, 7) is 0.432. The van der Waals surface area contributed by atoms with Crippen LogP contribution in [-0.2, 0) is 23.3 Å². The first kappa shape index (κ1) is 21.4. The van der Waals surface area contributed by atoms with E-state index in [0.29, 0.717) is 18.7 Å². The standard InChI is InChI=1S/C28H23BrN2O2/c29-23-17-15-21(16-18-23)19-28(31(33)24-11-5-2-6-12-24)25-13-7-8-14-26(25)30(27(28)32)20-22-9-3-1-4-10-22/h1-18,33H,19-20H2/t28-/m1/s1. The van der Waals surface area contributed by atoms with Gasteiger partial charge >= 0.3 is 0 Å². The third kappa shape index (κ3) is 3.84. The number of carbonyl (C=O) groups excluding carboxylic acids is 1. The largest absolute Gasteiger partial charge is 0.305 e. The number of hydrogen-bond acceptors (Lipinski definition) is 3. The molecule has 0 bridgehead atoms. The summed E-state index contributed by atoms with van der Waals surface area (Å²) >= 11 is 3.49. The van der Waals surface area contributed by atoms with E-state index in [9.17, 15) is 10.0 Å². The molecule has 0 unspecified atom stereocenters. The van der Waals surface area contributed by atoms with Crippen LogP contribution < -0.4 is 9.96 Å². The first-order valence-electron chi connectivity index (χ1n) is 10.8. The lowest BCUT2D eigenvalue weighted by Gasteiger charge is -2.37. The Kier molecular flexibility index (Phi) is 5.75. The highest BCUT2D eigenvalue weighted by atomic mass is 79.9. The first-order valence-corrected chi connectivity index (χ1v) is 11.6. The second-order valence-electron chi connectivity index (χ2n) is 8.20. The molecule has 5 heteroatoms. The number of benzene rings is 4. The van der Waals surface area contributed by atoms with E-state index in [0.717, 1.165) is 31.9 Å². The van der Waals surface area contributed by atoms with E-state index < -0.39 is 5.54 Å². The van der Waals surface area contributed by atoms with Crippen LogP contribution in [0, 0.1) is 0 Å². The van der Waals surface area contributed by atoms with Gasteiger partial charge < -0.3 is 4.90 Å². The van der Waals surface area contributed by atoms with Gasteiger partial charge in [0.1, 0.15) is 0 Å². The van der Waals surface area contributed by atoms with E-state index in [1.165, 1.54) is 0 Å². The lowest BCUT2D eigenvalue weighted by Crippen LogP contribution is -2.53. The molecule has 1 aliphatic rings. The molecule has 33 heavy (non-hydrogen) atoms. The van der Waals surface area contributed by atoms with Crippen LogP contribution in [0.4, 0.5) is 11.4 Å². The molecule has 0 spiro atoms. The monoisotopic (exact) mass is 498 g/mol. The Hall–Kier alpha value is -3.41. The fraction of sp³-hybridized carbons (Fsp3) is 0.107. The predicted molar refractivity (Wildman–Crippen MR) is 134 cm³/mol. The average molecular weight is 499 g/mol. The van der Waals surface area contributed by atoms with E-state index in [4.69, 9.17) is 0 Å². The Morgan fingerprint density at radius 2 is 1.36 bits per heavy atom. The molecule has 0 aliphatic carbocycles. The Morgan fingerprint density at radius 1 is 0.758 bits per heavy atom. The summed E-state index contributed by atoms with van der Waals surface area (Å²) in [6, 6.07) is 34.8. The van der Waals surface area contributed by atoms with Crippen molar-refractivity contribution in [1.29, 1.82) is 0 Å². The Morgan fingerprint density at radius 3 is 2.06 bits per heavy atom. The molecule has 1 aliphatic heterocycles. The van der Waals surface area contributed by atoms with E-state index in [1.807, 2.05) is 109 Å². The van der Waals surface area contributed by atoms with Gasteiger partial charge in [-0.2, -0.15) is 0 Å². The van der Waals surface area contributed by atoms with Crippen LogP contribution in [0.25, 0.3) is 0 Å². The van der Waals surface area contributed by atoms with Gasteiger partial charge in [-0.05, 0) is 41.5 Å². The summed E-state index contributed by atoms with van der Waals surface area (Å²) in [5.41, 5.74) is 2.88. The van der Waals surface area contributed by atoms with Gasteiger partial charge in [0.25, 0.3) is 5.91 Å². The highest BCUT2D eigenvalue weighted by Gasteiger charge is 2.55. The zero-order chi connectivity index (χ0) is 22.8. The van der Waals surface area contributed by atoms with Crippen LogP contribution in [0.3, 0.4) is 0 Å². The maximum absolute atomic E-state index is 14.3. The van der Waals surface area contributed by atoms with Crippen molar-refractivity contribution in [3.8, 4) is 0 Å². The SMILES string of the molecule is O=C1N(Cc2ccccc2)c2ccccc2[C@@]1(Cc1ccc(Br)cc1)N(O)c1ccccc1. The maximum atomic E-state index is 14.3. The third-order valence-corrected chi connectivity index (χ3v) is 6.69. The summed E-state index contributed by atoms with van der Waals surface area (Å²) in [4.78, 5) is 16.1. The van der Waals surface area contributed by atoms with Crippen molar-refractivity contribution in [2.45, 2.75) is 18.5 Å². The highest BCUT2D eigenvalue weighted by molar-refractivity contribution is 9.10. The summed E-state index contributed by atoms with van der Waals surface area (Å²) < 4.78 is 0.966. The summed E-state index contributed by atoms with van der Waals surface area (Å²) in [5.74, 6) is -0.151. The van der Waals surface area contributed by atoms with Gasteiger partial charge in [0.15, 0.2) is 5.54 Å². The van der Waals surface area contributed by atoms with Gasteiger partial charge in [-0.25, -0.2) is 5.06 Å². The first-order chi connectivity index (χ1) is 16.1. The van der Waals surface area contributed by atoms with Gasteiger partial charge in [-0.15, -0.1) is 0 Å². The molecule has 0 aromatic heterocycles. The second-order valence-corrected chi connectivity index (χ2v) is 9.12. The molecule has 1 N–H and O–H groups in total. The fourth-order valence-electron chi connectivity index (χ4n) is 4.57. The van der Waals surface area contributed by atoms with Crippen LogP contribution in [0.1, 0.15) is 16.7 Å². The van der Waals surface area contributed by atoms with Gasteiger partial charge in [0.2, 0.25) is 0 Å². The van der Waals surface area contributed by atoms with E-state index >= 15 is 0 Å². The van der Waals surface area contributed by atoms with Crippen molar-refractivity contribution in [2.75, 3.05) is 9.96 Å². The van der Waals surface area contributed by atoms with Gasteiger partial charge in [0.05, 0.1) is 17.9 Å². The van der Waals surface area contributed by atoms with Crippen molar-refractivity contribution in [1.82, 2.24) is 0 Å². The topological polar surface area (TPSA) is 43.8 Å². The van der Waals surface area contributed by atoms with Gasteiger partial charge in [-0.3, -0.25) is 10.0 Å². The van der Waals surface area contributed by atoms with Crippen LogP contribution in [0.2, 0.25) is 0 Å². The van der Waals surface area contributed by atoms with E-state index in [-0.39, 0.29) is 5.91 Å². The second kappa shape index (κ2) is 8.85. The third-order valence-electron chi connectivity index (χ3n) is 6.16. The van der Waals surface area contributed by atoms with Crippen molar-refractivity contribution >= 4 is 33.2 Å². The zero-order valence-electron chi connectivity index (χ0n) is 17.9. The molecular weight excluding hydrogens is 476 g/mol. The smallest absolute Gasteiger partial charge is 0.260 e. The molecule has 0 saturated heterocycles. The fourth-order valence-corrected chi connectivity index (χ4v) is 4.83. The molecular formula is C28H23BrN2O2. The number of anilines is 2. The minimum atomic E-state index is -1.29.